The molecule has 1 amide bonds. The van der Waals surface area contributed by atoms with Gasteiger partial charge in [-0.2, -0.15) is 0 Å². The van der Waals surface area contributed by atoms with Gasteiger partial charge in [-0.1, -0.05) is 0 Å². The van der Waals surface area contributed by atoms with E-state index in [9.17, 15) is 40.5 Å². The molecule has 16 N–H and O–H groups in total. The molecule has 0 bridgehead atoms. The number of carbonyl (C=O) groups excluding carboxylic acids is 1. The largest absolute Gasteiger partial charge is 0.394 e. The molecule has 2 aliphatic heterocycles. The fraction of sp³-hybridized carbons (Fsp3) is 0.952. The summed E-state index contributed by atoms with van der Waals surface area (Å²) in [4.78, 5) is 12.4. The number of amides is 1. The van der Waals surface area contributed by atoms with Crippen LogP contribution in [0.3, 0.4) is 0 Å². The summed E-state index contributed by atoms with van der Waals surface area (Å²) in [5, 5.41) is 74.0. The van der Waals surface area contributed by atoms with E-state index in [1.165, 1.54) is 0 Å². The van der Waals surface area contributed by atoms with Gasteiger partial charge in [-0.05, 0) is 19.4 Å². The van der Waals surface area contributed by atoms with Gasteiger partial charge in [0.05, 0.1) is 18.7 Å². The summed E-state index contributed by atoms with van der Waals surface area (Å²) < 4.78 is 22.7. The number of nitrogens with two attached hydrogens (primary N) is 4. The number of aliphatic hydroxyl groups is 7. The van der Waals surface area contributed by atoms with Crippen LogP contribution >= 0.6 is 0 Å². The van der Waals surface area contributed by atoms with Crippen LogP contribution in [0.4, 0.5) is 0 Å². The Kier molecular flexibility index (Phi) is 11.1. The predicted octanol–water partition coefficient (Wildman–Crippen LogP) is -7.79. The second kappa shape index (κ2) is 13.5. The maximum absolute atomic E-state index is 12.4. The molecule has 38 heavy (non-hydrogen) atoms. The Morgan fingerprint density at radius 3 is 2.08 bits per heavy atom. The van der Waals surface area contributed by atoms with Gasteiger partial charge in [-0.25, -0.2) is 0 Å². The third-order valence-electron chi connectivity index (χ3n) is 7.15. The molecule has 2 saturated heterocycles. The minimum absolute atomic E-state index is 0.0255. The van der Waals surface area contributed by atoms with Crippen molar-refractivity contribution >= 4 is 5.91 Å². The number of carbonyl (C=O) groups is 1. The molecule has 222 valence electrons. The molecule has 3 aliphatic rings. The average Bonchev–Trinajstić information content (AvgIpc) is 3.16. The number of aliphatic hydroxyl groups excluding tert-OH is 7. The SMILES string of the molecule is NCC[C@H](O)C(=O)N[C@H]1C[C@@H](N)[C@H](O[C@H]2O[C@H](CN)[C@@H](O)[C@H](O)[C@H]2N)[C@@H](O[C@@H]2O[C@H](CO)[C@H](O)[C@H]2O)[C@@H]1O. The van der Waals surface area contributed by atoms with Crippen molar-refractivity contribution in [2.24, 2.45) is 22.9 Å². The summed E-state index contributed by atoms with van der Waals surface area (Å²) in [6.07, 6.45) is -16.9. The van der Waals surface area contributed by atoms with Crippen LogP contribution in [0.1, 0.15) is 12.8 Å². The van der Waals surface area contributed by atoms with Crippen molar-refractivity contribution < 1.29 is 59.5 Å². The Hall–Kier alpha value is -1.13. The lowest BCUT2D eigenvalue weighted by Gasteiger charge is -2.48. The Morgan fingerprint density at radius 2 is 1.50 bits per heavy atom. The molecule has 1 aliphatic carbocycles. The summed E-state index contributed by atoms with van der Waals surface area (Å²) in [5.74, 6) is -0.807. The smallest absolute Gasteiger partial charge is 0.249 e. The van der Waals surface area contributed by atoms with Crippen molar-refractivity contribution in [2.45, 2.75) is 105 Å². The number of hydrogen-bond acceptors (Lipinski definition) is 16. The Balaban J connectivity index is 1.84. The predicted molar refractivity (Wildman–Crippen MR) is 125 cm³/mol. The molecule has 0 radical (unpaired) electrons. The maximum Gasteiger partial charge on any atom is 0.249 e. The Labute approximate surface area is 218 Å². The van der Waals surface area contributed by atoms with E-state index >= 15 is 0 Å². The first kappa shape index (κ1) is 31.4. The van der Waals surface area contributed by atoms with Gasteiger partial charge in [0.2, 0.25) is 5.91 Å². The fourth-order valence-electron chi connectivity index (χ4n) is 4.84. The average molecular weight is 556 g/mol. The van der Waals surface area contributed by atoms with Crippen molar-refractivity contribution in [2.75, 3.05) is 19.7 Å². The lowest BCUT2D eigenvalue weighted by molar-refractivity contribution is -0.307. The molecule has 15 atom stereocenters. The van der Waals surface area contributed by atoms with E-state index in [4.69, 9.17) is 41.9 Å². The van der Waals surface area contributed by atoms with Gasteiger partial charge >= 0.3 is 0 Å². The summed E-state index contributed by atoms with van der Waals surface area (Å²) >= 11 is 0. The Morgan fingerprint density at radius 1 is 0.895 bits per heavy atom. The summed E-state index contributed by atoms with van der Waals surface area (Å²) in [5.41, 5.74) is 23.3. The van der Waals surface area contributed by atoms with E-state index in [2.05, 4.69) is 5.32 Å². The summed E-state index contributed by atoms with van der Waals surface area (Å²) in [7, 11) is 0. The quantitative estimate of drug-likeness (QED) is 0.119. The molecule has 0 aromatic carbocycles. The van der Waals surface area contributed by atoms with Crippen LogP contribution in [0.5, 0.6) is 0 Å². The molecule has 3 fully saturated rings. The highest BCUT2D eigenvalue weighted by Gasteiger charge is 2.53. The van der Waals surface area contributed by atoms with Crippen molar-refractivity contribution in [3.8, 4) is 0 Å². The van der Waals surface area contributed by atoms with Crippen molar-refractivity contribution in [1.29, 1.82) is 0 Å². The summed E-state index contributed by atoms with van der Waals surface area (Å²) in [6, 6.07) is -3.29. The van der Waals surface area contributed by atoms with Gasteiger partial charge in [0.15, 0.2) is 12.6 Å². The fourth-order valence-corrected chi connectivity index (χ4v) is 4.84. The zero-order valence-electron chi connectivity index (χ0n) is 20.7. The van der Waals surface area contributed by atoms with Gasteiger partial charge in [0, 0.05) is 12.6 Å². The lowest BCUT2D eigenvalue weighted by atomic mass is 9.83. The van der Waals surface area contributed by atoms with Crippen LogP contribution in [-0.4, -0.2) is 153 Å². The van der Waals surface area contributed by atoms with Crippen LogP contribution in [0.15, 0.2) is 0 Å². The monoisotopic (exact) mass is 555 g/mol. The van der Waals surface area contributed by atoms with Crippen molar-refractivity contribution in [1.82, 2.24) is 5.32 Å². The molecule has 3 rings (SSSR count). The van der Waals surface area contributed by atoms with E-state index in [0.29, 0.717) is 0 Å². The normalized spacial score (nSPS) is 46.6. The van der Waals surface area contributed by atoms with Gasteiger partial charge in [-0.15, -0.1) is 0 Å². The van der Waals surface area contributed by atoms with E-state index < -0.39 is 104 Å². The van der Waals surface area contributed by atoms with Gasteiger partial charge in [-0.3, -0.25) is 4.79 Å². The van der Waals surface area contributed by atoms with Crippen molar-refractivity contribution in [3.63, 3.8) is 0 Å². The van der Waals surface area contributed by atoms with E-state index in [1.807, 2.05) is 0 Å². The molecule has 17 heteroatoms. The zero-order valence-corrected chi connectivity index (χ0v) is 20.7. The van der Waals surface area contributed by atoms with Crippen LogP contribution < -0.4 is 28.3 Å². The third kappa shape index (κ3) is 6.60. The third-order valence-corrected chi connectivity index (χ3v) is 7.15. The highest BCUT2D eigenvalue weighted by Crippen LogP contribution is 2.32. The van der Waals surface area contributed by atoms with E-state index in [-0.39, 0.29) is 25.9 Å². The second-order valence-electron chi connectivity index (χ2n) is 9.84. The molecule has 0 spiro atoms. The molecular formula is C21H41N5O12. The first-order valence-corrected chi connectivity index (χ1v) is 12.5. The van der Waals surface area contributed by atoms with Gasteiger partial charge in [0.1, 0.15) is 61.0 Å². The number of rotatable bonds is 10. The molecule has 2 heterocycles. The first-order valence-electron chi connectivity index (χ1n) is 12.5. The topological polar surface area (TPSA) is 312 Å². The second-order valence-corrected chi connectivity index (χ2v) is 9.84. The van der Waals surface area contributed by atoms with Crippen LogP contribution in [-0.2, 0) is 23.7 Å². The molecule has 0 unspecified atom stereocenters. The molecule has 17 nitrogen and oxygen atoms in total. The molecular weight excluding hydrogens is 514 g/mol. The first-order chi connectivity index (χ1) is 17.9. The van der Waals surface area contributed by atoms with E-state index in [1.54, 1.807) is 0 Å². The van der Waals surface area contributed by atoms with Gasteiger partial charge < -0.3 is 82.9 Å². The number of hydrogen-bond donors (Lipinski definition) is 12. The molecule has 1 saturated carbocycles. The Bertz CT molecular complexity index is 770. The number of ether oxygens (including phenoxy) is 4. The molecule has 0 aromatic rings. The molecule has 0 aromatic heterocycles. The highest BCUT2D eigenvalue weighted by molar-refractivity contribution is 5.80. The van der Waals surface area contributed by atoms with E-state index in [0.717, 1.165) is 0 Å². The zero-order chi connectivity index (χ0) is 28.3. The van der Waals surface area contributed by atoms with Crippen LogP contribution in [0.25, 0.3) is 0 Å². The van der Waals surface area contributed by atoms with Crippen LogP contribution in [0.2, 0.25) is 0 Å². The lowest BCUT2D eigenvalue weighted by Crippen LogP contribution is -2.69. The minimum Gasteiger partial charge on any atom is -0.394 e. The number of nitrogens with one attached hydrogen (secondary N) is 1. The summed E-state index contributed by atoms with van der Waals surface area (Å²) in [6.45, 7) is -0.764. The van der Waals surface area contributed by atoms with Gasteiger partial charge in [0.25, 0.3) is 0 Å². The highest BCUT2D eigenvalue weighted by atomic mass is 16.7. The maximum atomic E-state index is 12.4. The standard InChI is InChI=1S/C21H41N5O12/c22-2-1-8(28)19(34)26-7-3-6(24)17(37-20-11(25)15(32)13(30)9(4-23)35-20)18(12(7)29)38-21-16(33)14(31)10(5-27)36-21/h6-18,20-21,27-33H,1-5,22-25H2,(H,26,34)/t6-,7+,8+,9-,10-,11-,12-,13-,14+,15-,16-,17+,18+,20-,21+/m1/s1. The van der Waals surface area contributed by atoms with Crippen LogP contribution in [0, 0.1) is 0 Å². The van der Waals surface area contributed by atoms with Crippen molar-refractivity contribution in [3.05, 3.63) is 0 Å². The minimum atomic E-state index is -1.62.